The molecule has 1 atom stereocenters. The van der Waals surface area contributed by atoms with Crippen LogP contribution in [0.1, 0.15) is 34.6 Å². The Bertz CT molecular complexity index is 566. The summed E-state index contributed by atoms with van der Waals surface area (Å²) in [4.78, 5) is 12.7. The van der Waals surface area contributed by atoms with Crippen molar-refractivity contribution in [2.45, 2.75) is 19.4 Å². The molecule has 1 aromatic heterocycles. The van der Waals surface area contributed by atoms with Crippen molar-refractivity contribution >= 4 is 28.6 Å². The van der Waals surface area contributed by atoms with E-state index in [1.165, 1.54) is 4.88 Å². The van der Waals surface area contributed by atoms with E-state index in [0.717, 1.165) is 6.42 Å². The maximum Gasteiger partial charge on any atom is 0.250 e. The van der Waals surface area contributed by atoms with Crippen LogP contribution in [0.15, 0.2) is 35.7 Å². The zero-order valence-electron chi connectivity index (χ0n) is 10.7. The number of para-hydroxylation sites is 1. The number of thiophene rings is 1. The van der Waals surface area contributed by atoms with Crippen LogP contribution < -0.4 is 16.8 Å². The minimum Gasteiger partial charge on any atom is -0.397 e. The SMILES string of the molecule is CCC(Nc1c(N)cccc1C(N)=O)c1cccs1. The third-order valence-electron chi connectivity index (χ3n) is 2.98. The highest BCUT2D eigenvalue weighted by Crippen LogP contribution is 2.31. The number of nitrogen functional groups attached to an aromatic ring is 1. The topological polar surface area (TPSA) is 81.1 Å². The second kappa shape index (κ2) is 5.75. The van der Waals surface area contributed by atoms with Gasteiger partial charge in [0.05, 0.1) is 23.0 Å². The minimum absolute atomic E-state index is 0.128. The molecule has 2 rings (SSSR count). The molecule has 0 spiro atoms. The van der Waals surface area contributed by atoms with E-state index in [4.69, 9.17) is 11.5 Å². The Morgan fingerprint density at radius 3 is 2.74 bits per heavy atom. The van der Waals surface area contributed by atoms with E-state index < -0.39 is 5.91 Å². The summed E-state index contributed by atoms with van der Waals surface area (Å²) in [5.74, 6) is -0.476. The lowest BCUT2D eigenvalue weighted by molar-refractivity contribution is 0.100. The summed E-state index contributed by atoms with van der Waals surface area (Å²) < 4.78 is 0. The Kier molecular flexibility index (Phi) is 4.06. The minimum atomic E-state index is -0.476. The molecule has 5 N–H and O–H groups in total. The van der Waals surface area contributed by atoms with Crippen LogP contribution in [0, 0.1) is 0 Å². The number of nitrogens with one attached hydrogen (secondary N) is 1. The van der Waals surface area contributed by atoms with Gasteiger partial charge in [-0.3, -0.25) is 4.79 Å². The van der Waals surface area contributed by atoms with Crippen molar-refractivity contribution in [3.8, 4) is 0 Å². The van der Waals surface area contributed by atoms with Crippen LogP contribution in [0.3, 0.4) is 0 Å². The van der Waals surface area contributed by atoms with E-state index in [2.05, 4.69) is 18.3 Å². The van der Waals surface area contributed by atoms with Crippen LogP contribution in [0.4, 0.5) is 11.4 Å². The van der Waals surface area contributed by atoms with Crippen molar-refractivity contribution in [2.24, 2.45) is 5.73 Å². The van der Waals surface area contributed by atoms with Gasteiger partial charge in [-0.15, -0.1) is 11.3 Å². The van der Waals surface area contributed by atoms with Crippen molar-refractivity contribution in [2.75, 3.05) is 11.1 Å². The number of primary amides is 1. The van der Waals surface area contributed by atoms with Crippen LogP contribution in [-0.4, -0.2) is 5.91 Å². The number of anilines is 2. The highest BCUT2D eigenvalue weighted by atomic mass is 32.1. The van der Waals surface area contributed by atoms with Crippen molar-refractivity contribution in [3.63, 3.8) is 0 Å². The summed E-state index contributed by atoms with van der Waals surface area (Å²) >= 11 is 1.68. The summed E-state index contributed by atoms with van der Waals surface area (Å²) in [6.45, 7) is 2.08. The van der Waals surface area contributed by atoms with Gasteiger partial charge in [0.25, 0.3) is 5.91 Å². The van der Waals surface area contributed by atoms with E-state index in [0.29, 0.717) is 16.9 Å². The average Bonchev–Trinajstić information content (AvgIpc) is 2.90. The molecule has 0 saturated heterocycles. The van der Waals surface area contributed by atoms with Crippen LogP contribution in [-0.2, 0) is 0 Å². The molecular weight excluding hydrogens is 258 g/mol. The first kappa shape index (κ1) is 13.4. The molecule has 0 aliphatic rings. The van der Waals surface area contributed by atoms with Gasteiger partial charge in [0.1, 0.15) is 0 Å². The molecule has 4 nitrogen and oxygen atoms in total. The second-order valence-corrected chi connectivity index (χ2v) is 5.23. The summed E-state index contributed by atoms with van der Waals surface area (Å²) in [6.07, 6.45) is 0.896. The molecule has 19 heavy (non-hydrogen) atoms. The summed E-state index contributed by atoms with van der Waals surface area (Å²) in [6, 6.07) is 9.37. The van der Waals surface area contributed by atoms with E-state index in [1.807, 2.05) is 11.4 Å². The molecule has 0 radical (unpaired) electrons. The first-order chi connectivity index (χ1) is 9.13. The van der Waals surface area contributed by atoms with Crippen molar-refractivity contribution in [1.82, 2.24) is 0 Å². The number of amides is 1. The molecule has 0 saturated carbocycles. The molecule has 0 aliphatic heterocycles. The van der Waals surface area contributed by atoms with Gasteiger partial charge in [-0.2, -0.15) is 0 Å². The van der Waals surface area contributed by atoms with E-state index in [1.54, 1.807) is 29.5 Å². The Morgan fingerprint density at radius 2 is 2.16 bits per heavy atom. The fourth-order valence-corrected chi connectivity index (χ4v) is 2.84. The van der Waals surface area contributed by atoms with Crippen LogP contribution in [0.5, 0.6) is 0 Å². The molecule has 1 heterocycles. The summed E-state index contributed by atoms with van der Waals surface area (Å²) in [5, 5.41) is 5.36. The molecule has 0 fully saturated rings. The predicted octanol–water partition coefficient (Wildman–Crippen LogP) is 2.99. The van der Waals surface area contributed by atoms with Crippen molar-refractivity contribution < 1.29 is 4.79 Å². The number of nitrogens with two attached hydrogens (primary N) is 2. The maximum atomic E-state index is 11.5. The van der Waals surface area contributed by atoms with E-state index >= 15 is 0 Å². The van der Waals surface area contributed by atoms with E-state index in [-0.39, 0.29) is 6.04 Å². The first-order valence-electron chi connectivity index (χ1n) is 6.11. The monoisotopic (exact) mass is 275 g/mol. The molecule has 1 unspecified atom stereocenters. The van der Waals surface area contributed by atoms with Gasteiger partial charge >= 0.3 is 0 Å². The standard InChI is InChI=1S/C14H17N3OS/c1-2-11(12-7-4-8-19-12)17-13-9(14(16)18)5-3-6-10(13)15/h3-8,11,17H,2,15H2,1H3,(H2,16,18). The van der Waals surface area contributed by atoms with Crippen LogP contribution in [0.2, 0.25) is 0 Å². The molecule has 0 bridgehead atoms. The van der Waals surface area contributed by atoms with E-state index in [9.17, 15) is 4.79 Å². The second-order valence-electron chi connectivity index (χ2n) is 4.25. The number of hydrogen-bond donors (Lipinski definition) is 3. The largest absolute Gasteiger partial charge is 0.397 e. The van der Waals surface area contributed by atoms with Gasteiger partial charge in [-0.1, -0.05) is 19.1 Å². The van der Waals surface area contributed by atoms with Gasteiger partial charge in [0, 0.05) is 4.88 Å². The highest BCUT2D eigenvalue weighted by Gasteiger charge is 2.16. The zero-order valence-corrected chi connectivity index (χ0v) is 11.5. The molecule has 2 aromatic rings. The van der Waals surface area contributed by atoms with Crippen LogP contribution >= 0.6 is 11.3 Å². The average molecular weight is 275 g/mol. The summed E-state index contributed by atoms with van der Waals surface area (Å²) in [5.41, 5.74) is 12.9. The van der Waals surface area contributed by atoms with Crippen molar-refractivity contribution in [3.05, 3.63) is 46.2 Å². The zero-order chi connectivity index (χ0) is 13.8. The predicted molar refractivity (Wildman–Crippen MR) is 80.3 cm³/mol. The number of benzene rings is 1. The third-order valence-corrected chi connectivity index (χ3v) is 3.96. The molecular formula is C14H17N3OS. The lowest BCUT2D eigenvalue weighted by Gasteiger charge is -2.20. The number of carbonyl (C=O) groups is 1. The third kappa shape index (κ3) is 2.88. The first-order valence-corrected chi connectivity index (χ1v) is 6.99. The Labute approximate surface area is 116 Å². The quantitative estimate of drug-likeness (QED) is 0.734. The Morgan fingerprint density at radius 1 is 1.37 bits per heavy atom. The molecule has 1 amide bonds. The molecule has 0 aliphatic carbocycles. The fraction of sp³-hybridized carbons (Fsp3) is 0.214. The lowest BCUT2D eigenvalue weighted by atomic mass is 10.1. The van der Waals surface area contributed by atoms with Crippen LogP contribution in [0.25, 0.3) is 0 Å². The van der Waals surface area contributed by atoms with Gasteiger partial charge < -0.3 is 16.8 Å². The molecule has 100 valence electrons. The van der Waals surface area contributed by atoms with Crippen molar-refractivity contribution in [1.29, 1.82) is 0 Å². The number of rotatable bonds is 5. The molecule has 1 aromatic carbocycles. The maximum absolute atomic E-state index is 11.5. The fourth-order valence-electron chi connectivity index (χ4n) is 1.97. The smallest absolute Gasteiger partial charge is 0.250 e. The normalized spacial score (nSPS) is 12.1. The van der Waals surface area contributed by atoms with Gasteiger partial charge in [0.2, 0.25) is 0 Å². The number of hydrogen-bond acceptors (Lipinski definition) is 4. The number of carbonyl (C=O) groups excluding carboxylic acids is 1. The lowest BCUT2D eigenvalue weighted by Crippen LogP contribution is -2.17. The van der Waals surface area contributed by atoms with Gasteiger partial charge in [0.15, 0.2) is 0 Å². The van der Waals surface area contributed by atoms with Gasteiger partial charge in [-0.25, -0.2) is 0 Å². The molecule has 5 heteroatoms. The van der Waals surface area contributed by atoms with Gasteiger partial charge in [-0.05, 0) is 30.0 Å². The highest BCUT2D eigenvalue weighted by molar-refractivity contribution is 7.10. The Hall–Kier alpha value is -2.01. The summed E-state index contributed by atoms with van der Waals surface area (Å²) in [7, 11) is 0. The Balaban J connectivity index is 2.34.